The Morgan fingerprint density at radius 3 is 3.05 bits per heavy atom. The third-order valence-corrected chi connectivity index (χ3v) is 3.66. The molecule has 0 bridgehead atoms. The van der Waals surface area contributed by atoms with E-state index in [2.05, 4.69) is 0 Å². The van der Waals surface area contributed by atoms with E-state index in [1.165, 1.54) is 0 Å². The molecule has 0 spiro atoms. The second-order valence-corrected chi connectivity index (χ2v) is 5.15. The van der Waals surface area contributed by atoms with Gasteiger partial charge in [0.15, 0.2) is 0 Å². The molecule has 0 radical (unpaired) electrons. The highest BCUT2D eigenvalue weighted by Crippen LogP contribution is 2.20. The number of thiocarbonyl (C=S) groups is 1. The lowest BCUT2D eigenvalue weighted by molar-refractivity contribution is -0.130. The molecule has 102 valence electrons. The Hall–Kier alpha value is -1.62. The number of methoxy groups -OCH3 is 1. The van der Waals surface area contributed by atoms with Crippen LogP contribution in [0.25, 0.3) is 0 Å². The molecule has 1 aromatic rings. The summed E-state index contributed by atoms with van der Waals surface area (Å²) >= 11 is 5.02. The number of carbonyl (C=O) groups excluding carboxylic acids is 1. The molecule has 0 saturated carbocycles. The minimum atomic E-state index is -0.0758. The van der Waals surface area contributed by atoms with Crippen LogP contribution in [0.15, 0.2) is 24.3 Å². The Labute approximate surface area is 118 Å². The third kappa shape index (κ3) is 3.23. The summed E-state index contributed by atoms with van der Waals surface area (Å²) in [5.74, 6) is 0.834. The fraction of sp³-hybridized carbons (Fsp3) is 0.429. The van der Waals surface area contributed by atoms with Crippen LogP contribution in [0.3, 0.4) is 0 Å². The van der Waals surface area contributed by atoms with Gasteiger partial charge in [-0.2, -0.15) is 0 Å². The van der Waals surface area contributed by atoms with Crippen LogP contribution < -0.4 is 10.5 Å². The largest absolute Gasteiger partial charge is 0.497 e. The van der Waals surface area contributed by atoms with Crippen molar-refractivity contribution in [2.45, 2.75) is 25.3 Å². The second-order valence-electron chi connectivity index (χ2n) is 4.68. The van der Waals surface area contributed by atoms with E-state index in [0.717, 1.165) is 30.7 Å². The van der Waals surface area contributed by atoms with Crippen molar-refractivity contribution in [2.24, 2.45) is 5.73 Å². The number of likely N-dealkylation sites (tertiary alicyclic amines) is 1. The number of ether oxygens (including phenoxy) is 1. The van der Waals surface area contributed by atoms with Crippen LogP contribution in [0.5, 0.6) is 5.75 Å². The number of hydrogen-bond acceptors (Lipinski definition) is 3. The first kappa shape index (κ1) is 13.8. The first-order valence-electron chi connectivity index (χ1n) is 6.33. The summed E-state index contributed by atoms with van der Waals surface area (Å²) in [5, 5.41) is 0. The first-order chi connectivity index (χ1) is 9.11. The van der Waals surface area contributed by atoms with Gasteiger partial charge >= 0.3 is 0 Å². The highest BCUT2D eigenvalue weighted by Gasteiger charge is 2.30. The van der Waals surface area contributed by atoms with E-state index in [1.807, 2.05) is 24.3 Å². The zero-order valence-electron chi connectivity index (χ0n) is 11.0. The lowest BCUT2D eigenvalue weighted by Gasteiger charge is -2.23. The van der Waals surface area contributed by atoms with Gasteiger partial charge in [0.1, 0.15) is 5.75 Å². The van der Waals surface area contributed by atoms with Gasteiger partial charge in [0, 0.05) is 6.54 Å². The Morgan fingerprint density at radius 2 is 2.37 bits per heavy atom. The quantitative estimate of drug-likeness (QED) is 0.848. The first-order valence-corrected chi connectivity index (χ1v) is 6.74. The van der Waals surface area contributed by atoms with Crippen LogP contribution in [0, 0.1) is 0 Å². The number of nitrogens with zero attached hydrogens (tertiary/aromatic N) is 1. The number of amides is 1. The molecule has 5 heteroatoms. The van der Waals surface area contributed by atoms with E-state index >= 15 is 0 Å². The molecule has 1 atom stereocenters. The van der Waals surface area contributed by atoms with Crippen LogP contribution in [0.1, 0.15) is 18.4 Å². The van der Waals surface area contributed by atoms with Crippen molar-refractivity contribution in [2.75, 3.05) is 13.7 Å². The molecule has 1 fully saturated rings. The predicted octanol–water partition coefficient (Wildman–Crippen LogP) is 1.51. The van der Waals surface area contributed by atoms with E-state index in [-0.39, 0.29) is 11.9 Å². The highest BCUT2D eigenvalue weighted by atomic mass is 32.1. The average molecular weight is 278 g/mol. The highest BCUT2D eigenvalue weighted by molar-refractivity contribution is 7.80. The summed E-state index contributed by atoms with van der Waals surface area (Å²) in [5.41, 5.74) is 6.63. The van der Waals surface area contributed by atoms with Gasteiger partial charge in [-0.1, -0.05) is 24.4 Å². The van der Waals surface area contributed by atoms with E-state index in [4.69, 9.17) is 22.7 Å². The van der Waals surface area contributed by atoms with Crippen molar-refractivity contribution in [3.8, 4) is 5.75 Å². The number of carbonyl (C=O) groups is 1. The Kier molecular flexibility index (Phi) is 4.37. The topological polar surface area (TPSA) is 55.6 Å². The minimum Gasteiger partial charge on any atom is -0.497 e. The fourth-order valence-corrected chi connectivity index (χ4v) is 2.66. The van der Waals surface area contributed by atoms with Crippen molar-refractivity contribution >= 4 is 23.1 Å². The average Bonchev–Trinajstić information content (AvgIpc) is 2.88. The third-order valence-electron chi connectivity index (χ3n) is 3.39. The van der Waals surface area contributed by atoms with Gasteiger partial charge in [-0.25, -0.2) is 0 Å². The lowest BCUT2D eigenvalue weighted by Crippen LogP contribution is -2.43. The summed E-state index contributed by atoms with van der Waals surface area (Å²) in [6, 6.07) is 7.47. The molecule has 1 amide bonds. The van der Waals surface area contributed by atoms with Crippen LogP contribution in [-0.4, -0.2) is 35.5 Å². The van der Waals surface area contributed by atoms with Gasteiger partial charge < -0.3 is 15.4 Å². The maximum Gasteiger partial charge on any atom is 0.227 e. The lowest BCUT2D eigenvalue weighted by atomic mass is 10.1. The zero-order chi connectivity index (χ0) is 13.8. The molecule has 4 nitrogen and oxygen atoms in total. The Morgan fingerprint density at radius 1 is 1.58 bits per heavy atom. The van der Waals surface area contributed by atoms with Gasteiger partial charge in [-0.3, -0.25) is 4.79 Å². The molecule has 1 aromatic carbocycles. The monoisotopic (exact) mass is 278 g/mol. The second kappa shape index (κ2) is 6.02. The molecule has 1 heterocycles. The summed E-state index contributed by atoms with van der Waals surface area (Å²) < 4.78 is 5.16. The molecule has 1 unspecified atom stereocenters. The van der Waals surface area contributed by atoms with Crippen LogP contribution in [0.2, 0.25) is 0 Å². The van der Waals surface area contributed by atoms with Crippen molar-refractivity contribution < 1.29 is 9.53 Å². The molecular weight excluding hydrogens is 260 g/mol. The zero-order valence-corrected chi connectivity index (χ0v) is 11.8. The van der Waals surface area contributed by atoms with E-state index in [1.54, 1.807) is 12.0 Å². The Bertz CT molecular complexity index is 490. The van der Waals surface area contributed by atoms with Crippen molar-refractivity contribution in [3.63, 3.8) is 0 Å². The molecule has 1 saturated heterocycles. The van der Waals surface area contributed by atoms with Crippen molar-refractivity contribution in [1.82, 2.24) is 4.90 Å². The maximum atomic E-state index is 12.3. The summed E-state index contributed by atoms with van der Waals surface area (Å²) in [6.07, 6.45) is 2.20. The molecule has 19 heavy (non-hydrogen) atoms. The van der Waals surface area contributed by atoms with Crippen molar-refractivity contribution in [1.29, 1.82) is 0 Å². The number of rotatable bonds is 4. The minimum absolute atomic E-state index is 0.0727. The molecule has 0 aromatic heterocycles. The maximum absolute atomic E-state index is 12.3. The van der Waals surface area contributed by atoms with Crippen LogP contribution in [0.4, 0.5) is 0 Å². The van der Waals surface area contributed by atoms with E-state index in [9.17, 15) is 4.79 Å². The smallest absolute Gasteiger partial charge is 0.227 e. The molecule has 1 aliphatic heterocycles. The van der Waals surface area contributed by atoms with E-state index in [0.29, 0.717) is 11.4 Å². The van der Waals surface area contributed by atoms with Gasteiger partial charge in [0.2, 0.25) is 5.91 Å². The number of hydrogen-bond donors (Lipinski definition) is 1. The standard InChI is InChI=1S/C14H18N2O2S/c1-18-11-5-2-4-10(8-11)9-13(17)16-7-3-6-12(16)14(15)19/h2,4-5,8,12H,3,6-7,9H2,1H3,(H2,15,19). The van der Waals surface area contributed by atoms with Gasteiger partial charge in [0.05, 0.1) is 24.6 Å². The van der Waals surface area contributed by atoms with Gasteiger partial charge in [-0.15, -0.1) is 0 Å². The number of nitrogens with two attached hydrogens (primary N) is 1. The van der Waals surface area contributed by atoms with Gasteiger partial charge in [-0.05, 0) is 30.5 Å². The fourth-order valence-electron chi connectivity index (χ4n) is 2.42. The molecule has 2 N–H and O–H groups in total. The molecule has 2 rings (SSSR count). The van der Waals surface area contributed by atoms with Crippen molar-refractivity contribution in [3.05, 3.63) is 29.8 Å². The van der Waals surface area contributed by atoms with Crippen LogP contribution >= 0.6 is 12.2 Å². The normalized spacial score (nSPS) is 18.4. The van der Waals surface area contributed by atoms with Crippen LogP contribution in [-0.2, 0) is 11.2 Å². The molecular formula is C14H18N2O2S. The molecule has 0 aliphatic carbocycles. The predicted molar refractivity (Wildman–Crippen MR) is 78.2 cm³/mol. The SMILES string of the molecule is COc1cccc(CC(=O)N2CCCC2C(N)=S)c1. The Balaban J connectivity index is 2.06. The summed E-state index contributed by atoms with van der Waals surface area (Å²) in [6.45, 7) is 0.741. The summed E-state index contributed by atoms with van der Waals surface area (Å²) in [4.78, 5) is 14.5. The van der Waals surface area contributed by atoms with Gasteiger partial charge in [0.25, 0.3) is 0 Å². The summed E-state index contributed by atoms with van der Waals surface area (Å²) in [7, 11) is 1.62. The molecule has 1 aliphatic rings. The number of benzene rings is 1. The van der Waals surface area contributed by atoms with E-state index < -0.39 is 0 Å².